The van der Waals surface area contributed by atoms with E-state index in [1.807, 2.05) is 6.07 Å². The van der Waals surface area contributed by atoms with Crippen molar-refractivity contribution in [2.75, 3.05) is 0 Å². The number of H-pyrrole nitrogens is 1. The molecule has 1 N–H and O–H groups in total. The molecule has 3 aromatic rings. The molecule has 0 spiro atoms. The molecule has 2 heterocycles. The maximum Gasteiger partial charge on any atom is 0.195 e. The van der Waals surface area contributed by atoms with Gasteiger partial charge in [-0.3, -0.25) is 9.78 Å². The number of benzene rings is 1. The first-order valence-corrected chi connectivity index (χ1v) is 6.75. The molecule has 2 aromatic heterocycles. The quantitative estimate of drug-likeness (QED) is 0.713. The minimum atomic E-state index is -0.0753. The van der Waals surface area contributed by atoms with Crippen molar-refractivity contribution in [1.29, 1.82) is 0 Å². The summed E-state index contributed by atoms with van der Waals surface area (Å²) in [7, 11) is 0. The molecule has 0 unspecified atom stereocenters. The van der Waals surface area contributed by atoms with Crippen LogP contribution in [-0.2, 0) is 0 Å². The molecule has 0 radical (unpaired) electrons. The van der Waals surface area contributed by atoms with Crippen molar-refractivity contribution in [3.63, 3.8) is 0 Å². The first-order chi connectivity index (χ1) is 9.16. The largest absolute Gasteiger partial charge is 0.360 e. The predicted octanol–water partition coefficient (Wildman–Crippen LogP) is 4.21. The summed E-state index contributed by atoms with van der Waals surface area (Å²) in [5, 5.41) is 1.33. The Labute approximate surface area is 122 Å². The van der Waals surface area contributed by atoms with Crippen molar-refractivity contribution in [2.45, 2.75) is 0 Å². The van der Waals surface area contributed by atoms with Gasteiger partial charge in [0.1, 0.15) is 0 Å². The lowest BCUT2D eigenvalue weighted by atomic mass is 10.0. The molecule has 0 fully saturated rings. The zero-order chi connectivity index (χ0) is 13.4. The van der Waals surface area contributed by atoms with E-state index in [1.165, 1.54) is 0 Å². The average molecular weight is 336 g/mol. The second-order valence-corrected chi connectivity index (χ2v) is 5.34. The monoisotopic (exact) mass is 334 g/mol. The first-order valence-electron chi connectivity index (χ1n) is 5.57. The van der Waals surface area contributed by atoms with E-state index in [4.69, 9.17) is 11.6 Å². The van der Waals surface area contributed by atoms with Crippen LogP contribution in [0.15, 0.2) is 47.3 Å². The van der Waals surface area contributed by atoms with E-state index in [0.717, 1.165) is 15.4 Å². The van der Waals surface area contributed by atoms with Crippen molar-refractivity contribution >= 4 is 44.2 Å². The second kappa shape index (κ2) is 4.79. The molecule has 19 heavy (non-hydrogen) atoms. The van der Waals surface area contributed by atoms with Crippen molar-refractivity contribution in [2.24, 2.45) is 0 Å². The van der Waals surface area contributed by atoms with E-state index in [-0.39, 0.29) is 5.78 Å². The van der Waals surface area contributed by atoms with Crippen LogP contribution in [0.3, 0.4) is 0 Å². The summed E-state index contributed by atoms with van der Waals surface area (Å²) in [5.74, 6) is -0.0753. The molecule has 0 amide bonds. The fraction of sp³-hybridized carbons (Fsp3) is 0. The lowest BCUT2D eigenvalue weighted by Gasteiger charge is -2.02. The number of carbonyl (C=O) groups is 1. The minimum Gasteiger partial charge on any atom is -0.360 e. The lowest BCUT2D eigenvalue weighted by molar-refractivity contribution is 0.104. The zero-order valence-electron chi connectivity index (χ0n) is 9.65. The number of halogens is 2. The number of fused-ring (bicyclic) bond motifs is 1. The van der Waals surface area contributed by atoms with Crippen LogP contribution in [0.5, 0.6) is 0 Å². The summed E-state index contributed by atoms with van der Waals surface area (Å²) >= 11 is 9.33. The predicted molar refractivity (Wildman–Crippen MR) is 78.7 cm³/mol. The number of carbonyl (C=O) groups excluding carboxylic acids is 1. The lowest BCUT2D eigenvalue weighted by Crippen LogP contribution is -2.00. The average Bonchev–Trinajstić information content (AvgIpc) is 2.85. The van der Waals surface area contributed by atoms with Gasteiger partial charge < -0.3 is 4.98 Å². The van der Waals surface area contributed by atoms with Crippen LogP contribution in [0.1, 0.15) is 15.9 Å². The van der Waals surface area contributed by atoms with Crippen molar-refractivity contribution < 1.29 is 4.79 Å². The normalized spacial score (nSPS) is 10.8. The van der Waals surface area contributed by atoms with Gasteiger partial charge in [0.25, 0.3) is 0 Å². The molecular weight excluding hydrogens is 328 g/mol. The number of nitrogens with one attached hydrogen (secondary N) is 1. The van der Waals surface area contributed by atoms with E-state index in [2.05, 4.69) is 25.9 Å². The van der Waals surface area contributed by atoms with Gasteiger partial charge in [-0.05, 0) is 40.2 Å². The molecule has 0 bridgehead atoms. The van der Waals surface area contributed by atoms with Crippen LogP contribution in [0, 0.1) is 0 Å². The smallest absolute Gasteiger partial charge is 0.195 e. The Balaban J connectivity index is 2.11. The van der Waals surface area contributed by atoms with Gasteiger partial charge in [-0.2, -0.15) is 0 Å². The maximum absolute atomic E-state index is 12.5. The Hall–Kier alpha value is -1.65. The van der Waals surface area contributed by atoms with Crippen LogP contribution in [0.2, 0.25) is 5.02 Å². The molecule has 0 aliphatic rings. The summed E-state index contributed by atoms with van der Waals surface area (Å²) in [5.41, 5.74) is 2.04. The Morgan fingerprint density at radius 1 is 1.32 bits per heavy atom. The molecule has 5 heteroatoms. The maximum atomic E-state index is 12.5. The Kier molecular flexibility index (Phi) is 3.12. The van der Waals surface area contributed by atoms with E-state index in [1.54, 1.807) is 36.8 Å². The molecule has 0 aliphatic carbocycles. The van der Waals surface area contributed by atoms with Crippen molar-refractivity contribution in [3.8, 4) is 0 Å². The highest BCUT2D eigenvalue weighted by molar-refractivity contribution is 9.10. The molecule has 0 atom stereocenters. The van der Waals surface area contributed by atoms with Gasteiger partial charge in [-0.15, -0.1) is 0 Å². The van der Waals surface area contributed by atoms with Crippen LogP contribution in [0.25, 0.3) is 10.9 Å². The highest BCUT2D eigenvalue weighted by Gasteiger charge is 2.15. The summed E-state index contributed by atoms with van der Waals surface area (Å²) in [4.78, 5) is 19.6. The number of nitrogens with zero attached hydrogens (tertiary/aromatic N) is 1. The highest BCUT2D eigenvalue weighted by Crippen LogP contribution is 2.26. The van der Waals surface area contributed by atoms with Gasteiger partial charge in [0.15, 0.2) is 5.78 Å². The molecular formula is C14H8BrClN2O. The van der Waals surface area contributed by atoms with Crippen LogP contribution >= 0.6 is 27.5 Å². The molecule has 3 rings (SSSR count). The summed E-state index contributed by atoms with van der Waals surface area (Å²) in [6.07, 6.45) is 5.06. The minimum absolute atomic E-state index is 0.0753. The Bertz CT molecular complexity index is 782. The fourth-order valence-electron chi connectivity index (χ4n) is 1.94. The molecule has 0 saturated carbocycles. The molecule has 94 valence electrons. The number of hydrogen-bond donors (Lipinski definition) is 1. The SMILES string of the molecule is O=C(c1ccc(Br)c(Cl)c1)c1c[nH]c2ccncc12. The van der Waals surface area contributed by atoms with E-state index in [0.29, 0.717) is 16.1 Å². The van der Waals surface area contributed by atoms with Gasteiger partial charge in [0, 0.05) is 45.1 Å². The van der Waals surface area contributed by atoms with Crippen LogP contribution in [0.4, 0.5) is 0 Å². The Morgan fingerprint density at radius 2 is 2.16 bits per heavy atom. The topological polar surface area (TPSA) is 45.8 Å². The summed E-state index contributed by atoms with van der Waals surface area (Å²) in [6, 6.07) is 7.00. The Morgan fingerprint density at radius 3 is 2.95 bits per heavy atom. The van der Waals surface area contributed by atoms with Crippen LogP contribution in [-0.4, -0.2) is 15.8 Å². The zero-order valence-corrected chi connectivity index (χ0v) is 12.0. The summed E-state index contributed by atoms with van der Waals surface area (Å²) < 4.78 is 0.770. The van der Waals surface area contributed by atoms with E-state index >= 15 is 0 Å². The molecule has 3 nitrogen and oxygen atoms in total. The van der Waals surface area contributed by atoms with Gasteiger partial charge >= 0.3 is 0 Å². The van der Waals surface area contributed by atoms with Crippen molar-refractivity contribution in [3.05, 3.63) is 63.5 Å². The van der Waals surface area contributed by atoms with E-state index in [9.17, 15) is 4.79 Å². The number of pyridine rings is 1. The number of rotatable bonds is 2. The molecule has 0 saturated heterocycles. The van der Waals surface area contributed by atoms with Gasteiger partial charge in [-0.1, -0.05) is 11.6 Å². The third-order valence-electron chi connectivity index (χ3n) is 2.91. The number of aromatic nitrogens is 2. The number of ketones is 1. The second-order valence-electron chi connectivity index (χ2n) is 4.08. The highest BCUT2D eigenvalue weighted by atomic mass is 79.9. The van der Waals surface area contributed by atoms with E-state index < -0.39 is 0 Å². The summed E-state index contributed by atoms with van der Waals surface area (Å²) in [6.45, 7) is 0. The van der Waals surface area contributed by atoms with Crippen molar-refractivity contribution in [1.82, 2.24) is 9.97 Å². The van der Waals surface area contributed by atoms with Crippen LogP contribution < -0.4 is 0 Å². The first kappa shape index (κ1) is 12.4. The molecule has 0 aliphatic heterocycles. The van der Waals surface area contributed by atoms with Gasteiger partial charge in [0.2, 0.25) is 0 Å². The third-order valence-corrected chi connectivity index (χ3v) is 4.14. The fourth-order valence-corrected chi connectivity index (χ4v) is 2.37. The standard InChI is InChI=1S/C14H8BrClN2O/c15-11-2-1-8(5-12(11)16)14(19)10-7-18-13-3-4-17-6-9(10)13/h1-7,18H. The van der Waals surface area contributed by atoms with Gasteiger partial charge in [-0.25, -0.2) is 0 Å². The van der Waals surface area contributed by atoms with Gasteiger partial charge in [0.05, 0.1) is 5.02 Å². The number of hydrogen-bond acceptors (Lipinski definition) is 2. The number of aromatic amines is 1. The molecule has 1 aromatic carbocycles. The third kappa shape index (κ3) is 2.17.